The van der Waals surface area contributed by atoms with E-state index >= 15 is 0 Å². The molecule has 0 saturated heterocycles. The molecule has 0 aromatic heterocycles. The summed E-state index contributed by atoms with van der Waals surface area (Å²) in [5.41, 5.74) is 10.4. The molecule has 0 heterocycles. The number of nitrogens with one attached hydrogen (secondary N) is 4. The van der Waals surface area contributed by atoms with Crippen LogP contribution in [0.15, 0.2) is 30.3 Å². The molecular weight excluding hydrogens is 272 g/mol. The van der Waals surface area contributed by atoms with E-state index in [9.17, 15) is 0 Å². The maximum absolute atomic E-state index is 8.78. The number of guanidine groups is 2. The van der Waals surface area contributed by atoms with E-state index in [-0.39, 0.29) is 18.1 Å². The normalized spacial score (nSPS) is 12.2. The summed E-state index contributed by atoms with van der Waals surface area (Å²) in [6, 6.07) is 9.21. The summed E-state index contributed by atoms with van der Waals surface area (Å²) in [6.45, 7) is 3.46. The Morgan fingerprint density at radius 1 is 1.33 bits per heavy atom. The average Bonchev–Trinajstić information content (AvgIpc) is 2.38. The van der Waals surface area contributed by atoms with E-state index in [0.717, 1.165) is 0 Å². The van der Waals surface area contributed by atoms with E-state index in [0.29, 0.717) is 12.2 Å². The van der Waals surface area contributed by atoms with Crippen LogP contribution in [0.25, 0.3) is 0 Å². The van der Waals surface area contributed by atoms with Crippen LogP contribution in [0.1, 0.15) is 20.3 Å². The van der Waals surface area contributed by atoms with E-state index in [1.165, 1.54) is 0 Å². The number of rotatable bonds is 4. The lowest BCUT2D eigenvalue weighted by Gasteiger charge is -2.13. The summed E-state index contributed by atoms with van der Waals surface area (Å²) in [7, 11) is 0. The van der Waals surface area contributed by atoms with Crippen molar-refractivity contribution in [2.45, 2.75) is 32.7 Å². The molecule has 0 saturated carbocycles. The third-order valence-corrected chi connectivity index (χ3v) is 2.08. The average molecular weight is 296 g/mol. The van der Waals surface area contributed by atoms with Gasteiger partial charge in [-0.25, -0.2) is 0 Å². The number of nitrogens with two attached hydrogens (primary N) is 2. The highest BCUT2D eigenvalue weighted by Gasteiger charge is 2.00. The highest BCUT2D eigenvalue weighted by Crippen LogP contribution is 2.09. The lowest BCUT2D eigenvalue weighted by atomic mass is 10.3. The zero-order chi connectivity index (χ0) is 16.3. The molecule has 0 bridgehead atoms. The van der Waals surface area contributed by atoms with Gasteiger partial charge in [0.2, 0.25) is 0 Å². The Labute approximate surface area is 124 Å². The first-order chi connectivity index (χ1) is 9.85. The second-order valence-electron chi connectivity index (χ2n) is 4.10. The van der Waals surface area contributed by atoms with Crippen molar-refractivity contribution >= 4 is 11.9 Å². The topological polar surface area (TPSA) is 153 Å². The SMILES string of the molecule is CC(O)Oc1ccccc1.CCC(N)NC(=N)NC(=N)N. The van der Waals surface area contributed by atoms with Crippen molar-refractivity contribution in [3.63, 3.8) is 0 Å². The van der Waals surface area contributed by atoms with Crippen molar-refractivity contribution in [2.75, 3.05) is 0 Å². The van der Waals surface area contributed by atoms with E-state index in [4.69, 9.17) is 32.1 Å². The number of benzene rings is 1. The standard InChI is InChI=1S/C8H10O2.C5H14N6/c1-7(9)10-8-5-3-2-4-6-8;1-2-3(6)10-5(9)11-4(7)8/h2-7,9H,1H3;3H,2,6H2,1H3,(H6,7,8,9,10,11). The Kier molecular flexibility index (Phi) is 9.31. The number of aliphatic hydroxyl groups is 1. The first-order valence-electron chi connectivity index (χ1n) is 6.46. The van der Waals surface area contributed by atoms with Crippen molar-refractivity contribution in [3.05, 3.63) is 30.3 Å². The molecule has 2 atom stereocenters. The van der Waals surface area contributed by atoms with Crippen LogP contribution in [0.5, 0.6) is 5.75 Å². The molecule has 8 nitrogen and oxygen atoms in total. The van der Waals surface area contributed by atoms with Gasteiger partial charge in [-0.3, -0.25) is 16.1 Å². The van der Waals surface area contributed by atoms with Gasteiger partial charge in [-0.2, -0.15) is 0 Å². The first kappa shape index (κ1) is 18.7. The van der Waals surface area contributed by atoms with Gasteiger partial charge in [0.1, 0.15) is 5.75 Å². The van der Waals surface area contributed by atoms with Gasteiger partial charge in [0.05, 0.1) is 6.17 Å². The Morgan fingerprint density at radius 2 is 1.90 bits per heavy atom. The highest BCUT2D eigenvalue weighted by atomic mass is 16.6. The quantitative estimate of drug-likeness (QED) is 0.237. The second kappa shape index (κ2) is 10.5. The summed E-state index contributed by atoms with van der Waals surface area (Å²) in [4.78, 5) is 0. The summed E-state index contributed by atoms with van der Waals surface area (Å²) < 4.78 is 4.97. The molecule has 0 aliphatic heterocycles. The fourth-order valence-corrected chi connectivity index (χ4v) is 1.15. The molecule has 0 fully saturated rings. The number of hydrogen-bond donors (Lipinski definition) is 7. The minimum absolute atomic E-state index is 0.0492. The maximum Gasteiger partial charge on any atom is 0.196 e. The van der Waals surface area contributed by atoms with Crippen molar-refractivity contribution in [1.82, 2.24) is 10.6 Å². The van der Waals surface area contributed by atoms with E-state index < -0.39 is 6.29 Å². The van der Waals surface area contributed by atoms with Crippen LogP contribution in [0, 0.1) is 10.8 Å². The Bertz CT molecular complexity index is 424. The van der Waals surface area contributed by atoms with Crippen LogP contribution >= 0.6 is 0 Å². The molecule has 0 spiro atoms. The summed E-state index contributed by atoms with van der Waals surface area (Å²) in [5, 5.41) is 27.5. The Hall–Kier alpha value is -2.32. The summed E-state index contributed by atoms with van der Waals surface area (Å²) in [6.07, 6.45) is -0.293. The second-order valence-corrected chi connectivity index (χ2v) is 4.10. The summed E-state index contributed by atoms with van der Waals surface area (Å²) >= 11 is 0. The van der Waals surface area contributed by atoms with Gasteiger partial charge in [-0.15, -0.1) is 0 Å². The lowest BCUT2D eigenvalue weighted by molar-refractivity contribution is -0.000288. The van der Waals surface area contributed by atoms with Gasteiger partial charge in [0.25, 0.3) is 0 Å². The van der Waals surface area contributed by atoms with E-state index in [1.54, 1.807) is 19.1 Å². The molecule has 2 unspecified atom stereocenters. The van der Waals surface area contributed by atoms with Gasteiger partial charge in [-0.1, -0.05) is 25.1 Å². The van der Waals surface area contributed by atoms with Crippen molar-refractivity contribution < 1.29 is 9.84 Å². The Morgan fingerprint density at radius 3 is 2.33 bits per heavy atom. The van der Waals surface area contributed by atoms with Gasteiger partial charge >= 0.3 is 0 Å². The molecule has 1 aromatic carbocycles. The van der Waals surface area contributed by atoms with Gasteiger partial charge in [-0.05, 0) is 25.5 Å². The fourth-order valence-electron chi connectivity index (χ4n) is 1.15. The van der Waals surface area contributed by atoms with E-state index in [2.05, 4.69) is 10.6 Å². The highest BCUT2D eigenvalue weighted by molar-refractivity contribution is 5.94. The molecule has 0 aliphatic rings. The number of para-hydroxylation sites is 1. The van der Waals surface area contributed by atoms with Crippen molar-refractivity contribution in [2.24, 2.45) is 11.5 Å². The van der Waals surface area contributed by atoms with Crippen LogP contribution in [0.3, 0.4) is 0 Å². The molecule has 1 aromatic rings. The Balaban J connectivity index is 0.000000382. The largest absolute Gasteiger partial charge is 0.465 e. The van der Waals surface area contributed by atoms with Crippen LogP contribution in [0.4, 0.5) is 0 Å². The van der Waals surface area contributed by atoms with Crippen LogP contribution < -0.4 is 26.8 Å². The monoisotopic (exact) mass is 296 g/mol. The van der Waals surface area contributed by atoms with Gasteiger partial charge in [0.15, 0.2) is 18.2 Å². The first-order valence-corrected chi connectivity index (χ1v) is 6.46. The molecule has 8 heteroatoms. The van der Waals surface area contributed by atoms with Crippen LogP contribution in [-0.4, -0.2) is 29.5 Å². The minimum atomic E-state index is -0.734. The van der Waals surface area contributed by atoms with Gasteiger partial charge < -0.3 is 26.6 Å². The lowest BCUT2D eigenvalue weighted by Crippen LogP contribution is -2.50. The molecule has 0 aliphatic carbocycles. The smallest absolute Gasteiger partial charge is 0.196 e. The fraction of sp³-hybridized carbons (Fsp3) is 0.385. The maximum atomic E-state index is 8.78. The zero-order valence-corrected chi connectivity index (χ0v) is 12.3. The van der Waals surface area contributed by atoms with Crippen LogP contribution in [-0.2, 0) is 0 Å². The molecule has 0 amide bonds. The molecule has 118 valence electrons. The molecular formula is C13H24N6O2. The number of hydrogen-bond acceptors (Lipinski definition) is 5. The molecule has 9 N–H and O–H groups in total. The molecule has 21 heavy (non-hydrogen) atoms. The minimum Gasteiger partial charge on any atom is -0.465 e. The summed E-state index contributed by atoms with van der Waals surface area (Å²) in [5.74, 6) is 0.371. The van der Waals surface area contributed by atoms with Crippen LogP contribution in [0.2, 0.25) is 0 Å². The zero-order valence-electron chi connectivity index (χ0n) is 12.3. The predicted molar refractivity (Wildman–Crippen MR) is 82.9 cm³/mol. The third kappa shape index (κ3) is 11.2. The molecule has 1 rings (SSSR count). The predicted octanol–water partition coefficient (Wildman–Crippen LogP) is 0.0923. The van der Waals surface area contributed by atoms with E-state index in [1.807, 2.05) is 25.1 Å². The number of aliphatic hydroxyl groups excluding tert-OH is 1. The number of ether oxygens (including phenoxy) is 1. The van der Waals surface area contributed by atoms with Crippen molar-refractivity contribution in [1.29, 1.82) is 10.8 Å². The van der Waals surface area contributed by atoms with Gasteiger partial charge in [0, 0.05) is 0 Å². The van der Waals surface area contributed by atoms with Crippen molar-refractivity contribution in [3.8, 4) is 5.75 Å². The molecule has 0 radical (unpaired) electrons. The third-order valence-electron chi connectivity index (χ3n) is 2.08.